The van der Waals surface area contributed by atoms with Crippen molar-refractivity contribution < 1.29 is 9.90 Å². The number of likely N-dealkylation sites (tertiary alicyclic amines) is 2. The topological polar surface area (TPSA) is 61.6 Å². The number of aliphatic hydroxyl groups is 1. The average molecular weight is 383 g/mol. The van der Waals surface area contributed by atoms with Crippen LogP contribution in [-0.4, -0.2) is 63.4 Å². The Kier molecular flexibility index (Phi) is 5.51. The van der Waals surface area contributed by atoms with Crippen molar-refractivity contribution in [2.24, 2.45) is 5.41 Å². The van der Waals surface area contributed by atoms with Crippen LogP contribution in [0.2, 0.25) is 0 Å². The summed E-state index contributed by atoms with van der Waals surface area (Å²) in [5.74, 6) is 0.191. The van der Waals surface area contributed by atoms with Crippen LogP contribution in [-0.2, 0) is 11.3 Å². The number of aromatic nitrogens is 2. The molecule has 1 unspecified atom stereocenters. The largest absolute Gasteiger partial charge is 0.395 e. The first-order chi connectivity index (χ1) is 13.6. The van der Waals surface area contributed by atoms with Gasteiger partial charge in [-0.3, -0.25) is 9.69 Å². The predicted molar refractivity (Wildman–Crippen MR) is 108 cm³/mol. The number of piperidine rings is 2. The Hall–Kier alpha value is -2.18. The molecule has 2 aliphatic heterocycles. The summed E-state index contributed by atoms with van der Waals surface area (Å²) in [6.45, 7) is 6.37. The summed E-state index contributed by atoms with van der Waals surface area (Å²) in [7, 11) is 0. The predicted octanol–water partition coefficient (Wildman–Crippen LogP) is 2.38. The van der Waals surface area contributed by atoms with Gasteiger partial charge in [0.05, 0.1) is 18.0 Å². The van der Waals surface area contributed by atoms with E-state index in [1.807, 2.05) is 27.8 Å². The summed E-state index contributed by atoms with van der Waals surface area (Å²) >= 11 is 0. The lowest BCUT2D eigenvalue weighted by atomic mass is 9.73. The second-order valence-electron chi connectivity index (χ2n) is 8.37. The maximum Gasteiger partial charge on any atom is 0.222 e. The van der Waals surface area contributed by atoms with E-state index < -0.39 is 0 Å². The van der Waals surface area contributed by atoms with Gasteiger partial charge in [0.2, 0.25) is 5.91 Å². The van der Waals surface area contributed by atoms with Gasteiger partial charge in [0.1, 0.15) is 0 Å². The molecule has 1 spiro atoms. The second kappa shape index (κ2) is 8.05. The number of carbonyl (C=O) groups is 1. The number of rotatable bonds is 5. The SMILES string of the molecule is Cc1nn(-c2ccccc2)cc1CN1CCCC2(CCC(=O)N(CCO)C2)C1. The number of hydrogen-bond donors (Lipinski definition) is 1. The summed E-state index contributed by atoms with van der Waals surface area (Å²) in [6, 6.07) is 10.2. The number of amides is 1. The van der Waals surface area contributed by atoms with Crippen LogP contribution in [0.25, 0.3) is 5.69 Å². The molecule has 1 N–H and O–H groups in total. The van der Waals surface area contributed by atoms with Gasteiger partial charge < -0.3 is 10.0 Å². The molecule has 3 heterocycles. The van der Waals surface area contributed by atoms with Crippen LogP contribution in [0.4, 0.5) is 0 Å². The van der Waals surface area contributed by atoms with E-state index in [0.717, 1.165) is 50.4 Å². The molecular formula is C22H30N4O2. The number of para-hydroxylation sites is 1. The van der Waals surface area contributed by atoms with Gasteiger partial charge in [0.25, 0.3) is 0 Å². The highest BCUT2D eigenvalue weighted by molar-refractivity contribution is 5.77. The van der Waals surface area contributed by atoms with Crippen molar-refractivity contribution in [3.05, 3.63) is 47.8 Å². The van der Waals surface area contributed by atoms with Crippen LogP contribution >= 0.6 is 0 Å². The molecule has 2 saturated heterocycles. The zero-order valence-corrected chi connectivity index (χ0v) is 16.7. The molecule has 2 aromatic rings. The summed E-state index contributed by atoms with van der Waals surface area (Å²) in [6.07, 6.45) is 6.05. The molecule has 6 nitrogen and oxygen atoms in total. The zero-order valence-electron chi connectivity index (χ0n) is 16.7. The molecule has 2 fully saturated rings. The van der Waals surface area contributed by atoms with E-state index >= 15 is 0 Å². The van der Waals surface area contributed by atoms with E-state index in [4.69, 9.17) is 5.10 Å². The summed E-state index contributed by atoms with van der Waals surface area (Å²) < 4.78 is 1.96. The van der Waals surface area contributed by atoms with Crippen LogP contribution in [0.3, 0.4) is 0 Å². The van der Waals surface area contributed by atoms with Gasteiger partial charge >= 0.3 is 0 Å². The lowest BCUT2D eigenvalue weighted by Gasteiger charge is -2.48. The number of β-amino-alcohol motifs (C(OH)–C–C–N with tert-alkyl or cyclic N) is 1. The smallest absolute Gasteiger partial charge is 0.222 e. The van der Waals surface area contributed by atoms with Gasteiger partial charge in [-0.15, -0.1) is 0 Å². The molecule has 1 amide bonds. The Labute approximate surface area is 166 Å². The molecule has 1 aromatic carbocycles. The fraction of sp³-hybridized carbons (Fsp3) is 0.545. The highest BCUT2D eigenvalue weighted by Gasteiger charge is 2.41. The Bertz CT molecular complexity index is 819. The number of aryl methyl sites for hydroxylation is 1. The Morgan fingerprint density at radius 2 is 2.00 bits per heavy atom. The number of aliphatic hydroxyl groups excluding tert-OH is 1. The third-order valence-electron chi connectivity index (χ3n) is 6.27. The minimum atomic E-state index is 0.0450. The van der Waals surface area contributed by atoms with Crippen LogP contribution < -0.4 is 0 Å². The van der Waals surface area contributed by atoms with E-state index in [2.05, 4.69) is 30.2 Å². The van der Waals surface area contributed by atoms with Crippen molar-refractivity contribution in [2.45, 2.75) is 39.2 Å². The summed E-state index contributed by atoms with van der Waals surface area (Å²) in [4.78, 5) is 16.5. The first kappa shape index (κ1) is 19.2. The minimum absolute atomic E-state index is 0.0450. The van der Waals surface area contributed by atoms with Crippen LogP contribution in [0.1, 0.15) is 36.9 Å². The molecule has 150 valence electrons. The number of carbonyl (C=O) groups excluding carboxylic acids is 1. The maximum atomic E-state index is 12.2. The van der Waals surface area contributed by atoms with Crippen molar-refractivity contribution in [1.29, 1.82) is 0 Å². The maximum absolute atomic E-state index is 12.2. The Morgan fingerprint density at radius 1 is 1.18 bits per heavy atom. The molecule has 0 aliphatic carbocycles. The second-order valence-corrected chi connectivity index (χ2v) is 8.37. The van der Waals surface area contributed by atoms with Gasteiger partial charge in [0, 0.05) is 49.8 Å². The van der Waals surface area contributed by atoms with Gasteiger partial charge in [-0.05, 0) is 44.9 Å². The van der Waals surface area contributed by atoms with Crippen LogP contribution in [0, 0.1) is 12.3 Å². The quantitative estimate of drug-likeness (QED) is 0.863. The fourth-order valence-corrected chi connectivity index (χ4v) is 4.81. The van der Waals surface area contributed by atoms with E-state index in [1.54, 1.807) is 0 Å². The molecule has 0 radical (unpaired) electrons. The van der Waals surface area contributed by atoms with Gasteiger partial charge in [-0.2, -0.15) is 5.10 Å². The third-order valence-corrected chi connectivity index (χ3v) is 6.27. The monoisotopic (exact) mass is 382 g/mol. The van der Waals surface area contributed by atoms with Crippen molar-refractivity contribution >= 4 is 5.91 Å². The normalized spacial score (nSPS) is 23.5. The van der Waals surface area contributed by atoms with Gasteiger partial charge in [0.15, 0.2) is 0 Å². The molecule has 0 saturated carbocycles. The molecule has 0 bridgehead atoms. The van der Waals surface area contributed by atoms with Crippen LogP contribution in [0.15, 0.2) is 36.5 Å². The standard InChI is InChI=1S/C22H30N4O2/c1-18-19(15-26(23-18)20-6-3-2-4-7-20)14-24-11-5-9-22(16-24)10-8-21(28)25(17-22)12-13-27/h2-4,6-7,15,27H,5,8-14,16-17H2,1H3. The molecular weight excluding hydrogens is 352 g/mol. The Morgan fingerprint density at radius 3 is 2.79 bits per heavy atom. The first-order valence-electron chi connectivity index (χ1n) is 10.3. The van der Waals surface area contributed by atoms with Crippen molar-refractivity contribution in [3.8, 4) is 5.69 Å². The molecule has 2 aliphatic rings. The molecule has 4 rings (SSSR count). The highest BCUT2D eigenvalue weighted by atomic mass is 16.3. The zero-order chi connectivity index (χ0) is 19.6. The van der Waals surface area contributed by atoms with E-state index in [9.17, 15) is 9.90 Å². The van der Waals surface area contributed by atoms with Gasteiger partial charge in [-0.1, -0.05) is 18.2 Å². The number of nitrogens with zero attached hydrogens (tertiary/aromatic N) is 4. The lowest BCUT2D eigenvalue weighted by Crippen LogP contribution is -2.54. The van der Waals surface area contributed by atoms with Crippen molar-refractivity contribution in [2.75, 3.05) is 32.8 Å². The van der Waals surface area contributed by atoms with Crippen molar-refractivity contribution in [1.82, 2.24) is 19.6 Å². The third kappa shape index (κ3) is 3.98. The molecule has 28 heavy (non-hydrogen) atoms. The molecule has 6 heteroatoms. The van der Waals surface area contributed by atoms with Crippen LogP contribution in [0.5, 0.6) is 0 Å². The lowest BCUT2D eigenvalue weighted by molar-refractivity contribution is -0.140. The Balaban J connectivity index is 1.46. The number of benzene rings is 1. The van der Waals surface area contributed by atoms with Gasteiger partial charge in [-0.25, -0.2) is 4.68 Å². The summed E-state index contributed by atoms with van der Waals surface area (Å²) in [5, 5.41) is 14.0. The average Bonchev–Trinajstić information content (AvgIpc) is 3.06. The minimum Gasteiger partial charge on any atom is -0.395 e. The number of hydrogen-bond acceptors (Lipinski definition) is 4. The molecule has 1 atom stereocenters. The van der Waals surface area contributed by atoms with E-state index in [1.165, 1.54) is 12.0 Å². The van der Waals surface area contributed by atoms with E-state index in [-0.39, 0.29) is 17.9 Å². The fourth-order valence-electron chi connectivity index (χ4n) is 4.81. The summed E-state index contributed by atoms with van der Waals surface area (Å²) in [5.41, 5.74) is 3.59. The van der Waals surface area contributed by atoms with Crippen molar-refractivity contribution in [3.63, 3.8) is 0 Å². The highest BCUT2D eigenvalue weighted by Crippen LogP contribution is 2.39. The first-order valence-corrected chi connectivity index (χ1v) is 10.3. The van der Waals surface area contributed by atoms with E-state index in [0.29, 0.717) is 13.0 Å². The molecule has 1 aromatic heterocycles.